The van der Waals surface area contributed by atoms with E-state index in [-0.39, 0.29) is 5.54 Å². The Hall–Kier alpha value is -1.24. The van der Waals surface area contributed by atoms with Crippen molar-refractivity contribution in [3.63, 3.8) is 0 Å². The van der Waals surface area contributed by atoms with E-state index in [1.165, 1.54) is 12.8 Å². The molecule has 1 unspecified atom stereocenters. The van der Waals surface area contributed by atoms with Crippen LogP contribution in [-0.2, 0) is 12.1 Å². The van der Waals surface area contributed by atoms with Crippen LogP contribution in [0.2, 0.25) is 0 Å². The smallest absolute Gasteiger partial charge is 0.113 e. The van der Waals surface area contributed by atoms with Crippen LogP contribution in [-0.4, -0.2) is 32.5 Å². The predicted octanol–water partition coefficient (Wildman–Crippen LogP) is 1.76. The van der Waals surface area contributed by atoms with E-state index in [4.69, 9.17) is 0 Å². The van der Waals surface area contributed by atoms with Crippen LogP contribution in [0.25, 0.3) is 0 Å². The summed E-state index contributed by atoms with van der Waals surface area (Å²) in [6.07, 6.45) is 9.69. The number of rotatable bonds is 6. The third-order valence-electron chi connectivity index (χ3n) is 3.93. The average molecular weight is 292 g/mol. The van der Waals surface area contributed by atoms with E-state index in [1.54, 1.807) is 22.2 Å². The number of thiazole rings is 1. The summed E-state index contributed by atoms with van der Waals surface area (Å²) < 4.78 is 1.76. The van der Waals surface area contributed by atoms with Gasteiger partial charge in [-0.1, -0.05) is 12.8 Å². The van der Waals surface area contributed by atoms with Gasteiger partial charge in [0.15, 0.2) is 0 Å². The molecule has 1 atom stereocenters. The molecule has 1 fully saturated rings. The van der Waals surface area contributed by atoms with Crippen LogP contribution in [0, 0.1) is 0 Å². The fourth-order valence-electron chi connectivity index (χ4n) is 2.91. The van der Waals surface area contributed by atoms with Crippen molar-refractivity contribution in [1.29, 1.82) is 0 Å². The summed E-state index contributed by atoms with van der Waals surface area (Å²) in [5, 5.41) is 21.0. The van der Waals surface area contributed by atoms with Crippen molar-refractivity contribution >= 4 is 11.3 Å². The molecule has 1 saturated carbocycles. The lowest BCUT2D eigenvalue weighted by Gasteiger charge is -2.29. The largest absolute Gasteiger partial charge is 0.390 e. The Kier molecular flexibility index (Phi) is 4.14. The van der Waals surface area contributed by atoms with Gasteiger partial charge < -0.3 is 10.4 Å². The molecule has 2 heterocycles. The summed E-state index contributed by atoms with van der Waals surface area (Å²) in [6, 6.07) is 1.87. The molecule has 0 spiro atoms. The molecule has 0 radical (unpaired) electrons. The highest BCUT2D eigenvalue weighted by molar-refractivity contribution is 7.09. The van der Waals surface area contributed by atoms with Gasteiger partial charge in [-0.2, -0.15) is 5.10 Å². The summed E-state index contributed by atoms with van der Waals surface area (Å²) in [7, 11) is 0. The van der Waals surface area contributed by atoms with Crippen LogP contribution in [0.3, 0.4) is 0 Å². The maximum atomic E-state index is 10.2. The summed E-state index contributed by atoms with van der Waals surface area (Å²) in [6.45, 7) is 1.09. The monoisotopic (exact) mass is 292 g/mol. The normalized spacial score (nSPS) is 19.2. The van der Waals surface area contributed by atoms with Gasteiger partial charge in [0.2, 0.25) is 0 Å². The zero-order chi connectivity index (χ0) is 13.8. The quantitative estimate of drug-likeness (QED) is 0.851. The Bertz CT molecular complexity index is 505. The Morgan fingerprint density at radius 3 is 2.90 bits per heavy atom. The molecular formula is C14H20N4OS. The fourth-order valence-corrected chi connectivity index (χ4v) is 3.78. The minimum Gasteiger partial charge on any atom is -0.390 e. The van der Waals surface area contributed by atoms with Crippen LogP contribution < -0.4 is 5.32 Å². The second kappa shape index (κ2) is 6.03. The van der Waals surface area contributed by atoms with E-state index in [0.29, 0.717) is 13.1 Å². The first-order valence-corrected chi connectivity index (χ1v) is 7.97. The molecule has 2 N–H and O–H groups in total. The molecule has 1 aliphatic carbocycles. The number of hydrogen-bond acceptors (Lipinski definition) is 5. The first kappa shape index (κ1) is 13.7. The first-order chi connectivity index (χ1) is 9.78. The zero-order valence-electron chi connectivity index (χ0n) is 11.4. The van der Waals surface area contributed by atoms with Gasteiger partial charge in [0.1, 0.15) is 5.01 Å². The third kappa shape index (κ3) is 2.92. The van der Waals surface area contributed by atoms with Gasteiger partial charge in [-0.25, -0.2) is 4.98 Å². The number of aliphatic hydroxyl groups excluding tert-OH is 1. The molecule has 1 aliphatic rings. The van der Waals surface area contributed by atoms with Crippen molar-refractivity contribution in [2.75, 3.05) is 6.54 Å². The molecule has 2 aromatic heterocycles. The number of nitrogens with one attached hydrogen (secondary N) is 1. The zero-order valence-corrected chi connectivity index (χ0v) is 12.2. The topological polar surface area (TPSA) is 63.0 Å². The standard InChI is InChI=1S/C14H20N4OS/c19-12(11-18-8-3-6-17-18)10-16-14(4-1-2-5-14)13-15-7-9-20-13/h3,6-9,12,16,19H,1-2,4-5,10-11H2. The van der Waals surface area contributed by atoms with E-state index in [2.05, 4.69) is 15.4 Å². The van der Waals surface area contributed by atoms with Gasteiger partial charge in [-0.15, -0.1) is 11.3 Å². The molecular weight excluding hydrogens is 272 g/mol. The number of nitrogens with zero attached hydrogens (tertiary/aromatic N) is 3. The molecule has 20 heavy (non-hydrogen) atoms. The lowest BCUT2D eigenvalue weighted by Crippen LogP contribution is -2.44. The highest BCUT2D eigenvalue weighted by Crippen LogP contribution is 2.39. The Morgan fingerprint density at radius 1 is 1.40 bits per heavy atom. The first-order valence-electron chi connectivity index (χ1n) is 7.09. The van der Waals surface area contributed by atoms with Crippen molar-refractivity contribution < 1.29 is 5.11 Å². The fraction of sp³-hybridized carbons (Fsp3) is 0.571. The van der Waals surface area contributed by atoms with Crippen molar-refractivity contribution in [2.24, 2.45) is 0 Å². The molecule has 0 aromatic carbocycles. The summed E-state index contributed by atoms with van der Waals surface area (Å²) in [4.78, 5) is 4.48. The summed E-state index contributed by atoms with van der Waals surface area (Å²) in [5.41, 5.74) is -0.0285. The van der Waals surface area contributed by atoms with Gasteiger partial charge >= 0.3 is 0 Å². The Morgan fingerprint density at radius 2 is 2.25 bits per heavy atom. The van der Waals surface area contributed by atoms with Crippen LogP contribution in [0.5, 0.6) is 0 Å². The molecule has 0 bridgehead atoms. The SMILES string of the molecule is OC(CNC1(c2nccs2)CCCC1)Cn1cccn1. The van der Waals surface area contributed by atoms with Crippen LogP contribution in [0.15, 0.2) is 30.0 Å². The molecule has 3 rings (SSSR count). The van der Waals surface area contributed by atoms with Crippen LogP contribution in [0.4, 0.5) is 0 Å². The second-order valence-electron chi connectivity index (χ2n) is 5.39. The van der Waals surface area contributed by atoms with E-state index in [0.717, 1.165) is 17.8 Å². The minimum atomic E-state index is -0.438. The number of hydrogen-bond donors (Lipinski definition) is 2. The van der Waals surface area contributed by atoms with Gasteiger partial charge in [-0.3, -0.25) is 4.68 Å². The van der Waals surface area contributed by atoms with Gasteiger partial charge in [0, 0.05) is 30.5 Å². The van der Waals surface area contributed by atoms with E-state index < -0.39 is 6.10 Å². The van der Waals surface area contributed by atoms with E-state index >= 15 is 0 Å². The number of aliphatic hydroxyl groups is 1. The van der Waals surface area contributed by atoms with Gasteiger partial charge in [0.25, 0.3) is 0 Å². The summed E-state index contributed by atoms with van der Waals surface area (Å²) in [5.74, 6) is 0. The molecule has 0 aliphatic heterocycles. The molecule has 108 valence electrons. The van der Waals surface area contributed by atoms with Crippen molar-refractivity contribution in [2.45, 2.75) is 43.9 Å². The molecule has 6 heteroatoms. The van der Waals surface area contributed by atoms with Crippen molar-refractivity contribution in [1.82, 2.24) is 20.1 Å². The van der Waals surface area contributed by atoms with Crippen LogP contribution >= 0.6 is 11.3 Å². The summed E-state index contributed by atoms with van der Waals surface area (Å²) >= 11 is 1.70. The maximum absolute atomic E-state index is 10.2. The maximum Gasteiger partial charge on any atom is 0.113 e. The van der Waals surface area contributed by atoms with Gasteiger partial charge in [0.05, 0.1) is 18.2 Å². The van der Waals surface area contributed by atoms with Crippen molar-refractivity contribution in [3.05, 3.63) is 35.0 Å². The average Bonchev–Trinajstić information content (AvgIpc) is 3.18. The predicted molar refractivity (Wildman–Crippen MR) is 78.5 cm³/mol. The third-order valence-corrected chi connectivity index (χ3v) is 4.91. The highest BCUT2D eigenvalue weighted by Gasteiger charge is 2.37. The lowest BCUT2D eigenvalue weighted by molar-refractivity contribution is 0.131. The van der Waals surface area contributed by atoms with Crippen LogP contribution in [0.1, 0.15) is 30.7 Å². The van der Waals surface area contributed by atoms with E-state index in [1.807, 2.05) is 23.8 Å². The van der Waals surface area contributed by atoms with Gasteiger partial charge in [-0.05, 0) is 18.9 Å². The Balaban J connectivity index is 1.60. The second-order valence-corrected chi connectivity index (χ2v) is 6.28. The molecule has 0 saturated heterocycles. The Labute approximate surface area is 122 Å². The van der Waals surface area contributed by atoms with E-state index in [9.17, 15) is 5.11 Å². The molecule has 2 aromatic rings. The number of aromatic nitrogens is 3. The highest BCUT2D eigenvalue weighted by atomic mass is 32.1. The molecule has 0 amide bonds. The minimum absolute atomic E-state index is 0.0285. The van der Waals surface area contributed by atoms with Crippen molar-refractivity contribution in [3.8, 4) is 0 Å². The molecule has 5 nitrogen and oxygen atoms in total. The lowest BCUT2D eigenvalue weighted by atomic mass is 9.98.